The Labute approximate surface area is 185 Å². The van der Waals surface area contributed by atoms with Gasteiger partial charge in [-0.15, -0.1) is 0 Å². The van der Waals surface area contributed by atoms with E-state index >= 15 is 0 Å². The highest BCUT2D eigenvalue weighted by molar-refractivity contribution is 5.99. The van der Waals surface area contributed by atoms with E-state index in [0.29, 0.717) is 26.1 Å². The molecule has 2 heterocycles. The molecule has 6 nitrogen and oxygen atoms in total. The molecule has 168 valence electrons. The molecule has 0 bridgehead atoms. The first-order valence-corrected chi connectivity index (χ1v) is 11.0. The quantitative estimate of drug-likeness (QED) is 0.666. The molecule has 1 saturated heterocycles. The number of methoxy groups -OCH3 is 1. The normalized spacial score (nSPS) is 15.2. The first-order valence-electron chi connectivity index (χ1n) is 11.0. The number of benzene rings is 1. The summed E-state index contributed by atoms with van der Waals surface area (Å²) in [6.07, 6.45) is 0.391. The number of amides is 1. The van der Waals surface area contributed by atoms with E-state index in [0.717, 1.165) is 41.4 Å². The van der Waals surface area contributed by atoms with E-state index in [2.05, 4.69) is 37.2 Å². The molecule has 0 saturated carbocycles. The molecule has 0 spiro atoms. The van der Waals surface area contributed by atoms with Crippen LogP contribution in [0.1, 0.15) is 48.1 Å². The minimum Gasteiger partial charge on any atom is -0.497 e. The van der Waals surface area contributed by atoms with Crippen LogP contribution in [0.2, 0.25) is 0 Å². The summed E-state index contributed by atoms with van der Waals surface area (Å²) in [6, 6.07) is 9.63. The third-order valence-corrected chi connectivity index (χ3v) is 6.01. The molecule has 2 aromatic rings. The molecular formula is C25H35N3O3. The van der Waals surface area contributed by atoms with E-state index in [1.165, 1.54) is 0 Å². The largest absolute Gasteiger partial charge is 0.497 e. The van der Waals surface area contributed by atoms with Crippen molar-refractivity contribution in [2.45, 2.75) is 46.6 Å². The second-order valence-electron chi connectivity index (χ2n) is 9.40. The van der Waals surface area contributed by atoms with Gasteiger partial charge in [-0.25, -0.2) is 0 Å². The van der Waals surface area contributed by atoms with Crippen molar-refractivity contribution in [1.82, 2.24) is 14.4 Å². The standard InChI is InChI=1S/C25H35N3O3/c1-18-15-22(19(2)28(18)25(3,4)5)23(29)17-26-11-13-27(14-12-26)24(30)16-20-7-9-21(31-6)10-8-20/h7-10,15H,11-14,16-17H2,1-6H3. The summed E-state index contributed by atoms with van der Waals surface area (Å²) in [5.41, 5.74) is 3.89. The molecule has 31 heavy (non-hydrogen) atoms. The molecular weight excluding hydrogens is 390 g/mol. The highest BCUT2D eigenvalue weighted by Crippen LogP contribution is 2.25. The van der Waals surface area contributed by atoms with E-state index in [-0.39, 0.29) is 17.2 Å². The summed E-state index contributed by atoms with van der Waals surface area (Å²) in [6.45, 7) is 13.7. The van der Waals surface area contributed by atoms with Crippen LogP contribution in [-0.2, 0) is 16.8 Å². The minimum absolute atomic E-state index is 0.0530. The number of aryl methyl sites for hydroxylation is 1. The van der Waals surface area contributed by atoms with Crippen molar-refractivity contribution in [3.63, 3.8) is 0 Å². The molecule has 1 aromatic heterocycles. The van der Waals surface area contributed by atoms with Crippen molar-refractivity contribution < 1.29 is 14.3 Å². The summed E-state index contributed by atoms with van der Waals surface area (Å²) in [4.78, 5) is 29.7. The van der Waals surface area contributed by atoms with Gasteiger partial charge in [0.15, 0.2) is 5.78 Å². The summed E-state index contributed by atoms with van der Waals surface area (Å²) < 4.78 is 7.40. The Hall–Kier alpha value is -2.60. The third kappa shape index (κ3) is 5.37. The van der Waals surface area contributed by atoms with E-state index in [1.54, 1.807) is 7.11 Å². The zero-order valence-corrected chi connectivity index (χ0v) is 19.7. The smallest absolute Gasteiger partial charge is 0.227 e. The number of hydrogen-bond donors (Lipinski definition) is 0. The number of ether oxygens (including phenoxy) is 1. The second-order valence-corrected chi connectivity index (χ2v) is 9.40. The lowest BCUT2D eigenvalue weighted by atomic mass is 10.1. The summed E-state index contributed by atoms with van der Waals surface area (Å²) in [5.74, 6) is 1.07. The maximum absolute atomic E-state index is 13.0. The maximum Gasteiger partial charge on any atom is 0.227 e. The molecule has 0 atom stereocenters. The van der Waals surface area contributed by atoms with Crippen molar-refractivity contribution in [2.75, 3.05) is 39.8 Å². The lowest BCUT2D eigenvalue weighted by Crippen LogP contribution is -2.50. The maximum atomic E-state index is 13.0. The minimum atomic E-state index is -0.0530. The highest BCUT2D eigenvalue weighted by Gasteiger charge is 2.26. The van der Waals surface area contributed by atoms with Gasteiger partial charge < -0.3 is 14.2 Å². The van der Waals surface area contributed by atoms with Crippen LogP contribution < -0.4 is 4.74 Å². The molecule has 6 heteroatoms. The average Bonchev–Trinajstić information content (AvgIpc) is 3.03. The van der Waals surface area contributed by atoms with Gasteiger partial charge in [0.2, 0.25) is 5.91 Å². The Morgan fingerprint density at radius 1 is 1.00 bits per heavy atom. The number of carbonyl (C=O) groups is 2. The van der Waals surface area contributed by atoms with Gasteiger partial charge in [-0.05, 0) is 58.4 Å². The topological polar surface area (TPSA) is 54.8 Å². The van der Waals surface area contributed by atoms with Crippen molar-refractivity contribution >= 4 is 11.7 Å². The van der Waals surface area contributed by atoms with Gasteiger partial charge in [0.25, 0.3) is 0 Å². The lowest BCUT2D eigenvalue weighted by Gasteiger charge is -2.34. The SMILES string of the molecule is COc1ccc(CC(=O)N2CCN(CC(=O)c3cc(C)n(C(C)(C)C)c3C)CC2)cc1. The van der Waals surface area contributed by atoms with Gasteiger partial charge in [0.05, 0.1) is 20.1 Å². The van der Waals surface area contributed by atoms with Crippen molar-refractivity contribution in [2.24, 2.45) is 0 Å². The van der Waals surface area contributed by atoms with Crippen LogP contribution in [0.25, 0.3) is 0 Å². The first kappa shape index (κ1) is 23.1. The number of piperazine rings is 1. The van der Waals surface area contributed by atoms with Crippen LogP contribution in [0.4, 0.5) is 0 Å². The predicted molar refractivity (Wildman–Crippen MR) is 123 cm³/mol. The Balaban J connectivity index is 1.54. The third-order valence-electron chi connectivity index (χ3n) is 6.01. The van der Waals surface area contributed by atoms with Gasteiger partial charge in [-0.1, -0.05) is 12.1 Å². The second kappa shape index (κ2) is 9.27. The van der Waals surface area contributed by atoms with Gasteiger partial charge in [0, 0.05) is 48.7 Å². The monoisotopic (exact) mass is 425 g/mol. The Kier molecular flexibility index (Phi) is 6.90. The zero-order chi connectivity index (χ0) is 22.8. The summed E-state index contributed by atoms with van der Waals surface area (Å²) in [5, 5.41) is 0. The van der Waals surface area contributed by atoms with Crippen molar-refractivity contribution in [1.29, 1.82) is 0 Å². The van der Waals surface area contributed by atoms with Gasteiger partial charge in [-0.3, -0.25) is 14.5 Å². The van der Waals surface area contributed by atoms with Crippen molar-refractivity contribution in [3.8, 4) is 5.75 Å². The van der Waals surface area contributed by atoms with Crippen LogP contribution in [0, 0.1) is 13.8 Å². The fourth-order valence-corrected chi connectivity index (χ4v) is 4.55. The van der Waals surface area contributed by atoms with Crippen LogP contribution in [0.15, 0.2) is 30.3 Å². The molecule has 1 aromatic carbocycles. The average molecular weight is 426 g/mol. The number of Topliss-reactive ketones (excluding diaryl/α,β-unsaturated/α-hetero) is 1. The number of rotatable bonds is 6. The molecule has 0 aliphatic carbocycles. The van der Waals surface area contributed by atoms with E-state index < -0.39 is 0 Å². The molecule has 0 unspecified atom stereocenters. The van der Waals surface area contributed by atoms with Gasteiger partial charge in [0.1, 0.15) is 5.75 Å². The Morgan fingerprint density at radius 3 is 2.13 bits per heavy atom. The van der Waals surface area contributed by atoms with E-state index in [4.69, 9.17) is 4.74 Å². The van der Waals surface area contributed by atoms with Crippen LogP contribution in [0.3, 0.4) is 0 Å². The molecule has 3 rings (SSSR count). The van der Waals surface area contributed by atoms with E-state index in [9.17, 15) is 9.59 Å². The fourth-order valence-electron chi connectivity index (χ4n) is 4.55. The molecule has 0 radical (unpaired) electrons. The Bertz CT molecular complexity index is 930. The van der Waals surface area contributed by atoms with Crippen LogP contribution in [0.5, 0.6) is 5.75 Å². The number of aromatic nitrogens is 1. The van der Waals surface area contributed by atoms with E-state index in [1.807, 2.05) is 42.2 Å². The van der Waals surface area contributed by atoms with Crippen LogP contribution >= 0.6 is 0 Å². The molecule has 0 N–H and O–H groups in total. The lowest BCUT2D eigenvalue weighted by molar-refractivity contribution is -0.132. The number of nitrogens with zero attached hydrogens (tertiary/aromatic N) is 3. The Morgan fingerprint density at radius 2 is 1.61 bits per heavy atom. The summed E-state index contributed by atoms with van der Waals surface area (Å²) in [7, 11) is 1.63. The van der Waals surface area contributed by atoms with Gasteiger partial charge >= 0.3 is 0 Å². The van der Waals surface area contributed by atoms with Crippen LogP contribution in [-0.4, -0.2) is 65.9 Å². The van der Waals surface area contributed by atoms with Crippen molar-refractivity contribution in [3.05, 3.63) is 52.8 Å². The summed E-state index contributed by atoms with van der Waals surface area (Å²) >= 11 is 0. The molecule has 1 aliphatic heterocycles. The number of hydrogen-bond acceptors (Lipinski definition) is 4. The number of ketones is 1. The number of carbonyl (C=O) groups excluding carboxylic acids is 2. The molecule has 1 fully saturated rings. The zero-order valence-electron chi connectivity index (χ0n) is 19.7. The molecule has 1 aliphatic rings. The predicted octanol–water partition coefficient (Wildman–Crippen LogP) is 3.44. The van der Waals surface area contributed by atoms with Gasteiger partial charge in [-0.2, -0.15) is 0 Å². The first-order chi connectivity index (χ1) is 14.6. The highest BCUT2D eigenvalue weighted by atomic mass is 16.5. The fraction of sp³-hybridized carbons (Fsp3) is 0.520. The molecule has 1 amide bonds.